The number of aldehydes is 1. The van der Waals surface area contributed by atoms with Crippen LogP contribution in [0.2, 0.25) is 0 Å². The molecule has 2 nitrogen and oxygen atoms in total. The van der Waals surface area contributed by atoms with Crippen molar-refractivity contribution in [3.63, 3.8) is 0 Å². The molecule has 0 atom stereocenters. The molecule has 0 saturated carbocycles. The van der Waals surface area contributed by atoms with Crippen LogP contribution in [0.25, 0.3) is 6.08 Å². The van der Waals surface area contributed by atoms with Crippen molar-refractivity contribution in [2.45, 2.75) is 0 Å². The number of hydrogen-bond donors (Lipinski definition) is 0. The van der Waals surface area contributed by atoms with Crippen molar-refractivity contribution in [1.29, 1.82) is 0 Å². The minimum absolute atomic E-state index is 0.695. The molecule has 0 radical (unpaired) electrons. The second-order valence-corrected chi connectivity index (χ2v) is 4.09. The van der Waals surface area contributed by atoms with Gasteiger partial charge in [0.2, 0.25) is 0 Å². The maximum atomic E-state index is 10.4. The first-order valence-electron chi connectivity index (χ1n) is 4.07. The molecule has 1 aromatic rings. The van der Waals surface area contributed by atoms with Gasteiger partial charge in [-0.25, -0.2) is 0 Å². The van der Waals surface area contributed by atoms with Crippen molar-refractivity contribution in [1.82, 2.24) is 0 Å². The third-order valence-corrected chi connectivity index (χ3v) is 2.77. The zero-order chi connectivity index (χ0) is 10.4. The average Bonchev–Trinajstić information content (AvgIpc) is 2.26. The fourth-order valence-corrected chi connectivity index (χ4v) is 1.16. The maximum absolute atomic E-state index is 10.4. The molecule has 0 saturated heterocycles. The molecule has 0 aliphatic carbocycles. The summed E-state index contributed by atoms with van der Waals surface area (Å²) in [5.41, 5.74) is 1.76. The predicted molar refractivity (Wildman–Crippen MR) is 52.9 cm³/mol. The summed E-state index contributed by atoms with van der Waals surface area (Å²) >= 11 is 1.29. The summed E-state index contributed by atoms with van der Waals surface area (Å²) in [6, 6.07) is 7.39. The molecule has 0 N–H and O–H groups in total. The van der Waals surface area contributed by atoms with Gasteiger partial charge in [0.1, 0.15) is 0 Å². The molecule has 0 aliphatic heterocycles. The number of carbonyl (C=O) groups excluding carboxylic acids is 1. The van der Waals surface area contributed by atoms with Gasteiger partial charge in [0.15, 0.2) is 0 Å². The second-order valence-electron chi connectivity index (χ2n) is 2.64. The first kappa shape index (κ1) is 11.2. The van der Waals surface area contributed by atoms with Gasteiger partial charge < -0.3 is 0 Å². The van der Waals surface area contributed by atoms with Gasteiger partial charge in [0, 0.05) is 0 Å². The molecular formula is C11H10O2W. The molecule has 0 heterocycles. The summed E-state index contributed by atoms with van der Waals surface area (Å²) < 4.78 is 5.96. The Morgan fingerprint density at radius 2 is 1.86 bits per heavy atom. The number of methoxy groups -OCH3 is 1. The Hall–Kier alpha value is -0.852. The van der Waals surface area contributed by atoms with Crippen LogP contribution in [0, 0.1) is 0 Å². The minimum atomic E-state index is 0.695. The van der Waals surface area contributed by atoms with Gasteiger partial charge in [-0.2, -0.15) is 0 Å². The Balaban J connectivity index is 2.73. The van der Waals surface area contributed by atoms with Gasteiger partial charge >= 0.3 is 93.9 Å². The standard InChI is InChI=1S/C11H10O2.W/c1-13-8-2-3-10-4-6-11(9-12)7-5-10;/h2-7,9H,1H3;/b3-2+;. The Labute approximate surface area is 94.0 Å². The van der Waals surface area contributed by atoms with Crippen LogP contribution in [0.3, 0.4) is 0 Å². The number of rotatable bonds is 4. The third-order valence-electron chi connectivity index (χ3n) is 1.69. The zero-order valence-corrected chi connectivity index (χ0v) is 10.7. The van der Waals surface area contributed by atoms with E-state index in [1.807, 2.05) is 24.3 Å². The van der Waals surface area contributed by atoms with E-state index < -0.39 is 0 Å². The van der Waals surface area contributed by atoms with Crippen molar-refractivity contribution < 1.29 is 28.9 Å². The van der Waals surface area contributed by atoms with Gasteiger partial charge in [0.25, 0.3) is 0 Å². The Kier molecular flexibility index (Phi) is 4.64. The van der Waals surface area contributed by atoms with Gasteiger partial charge in [-0.05, 0) is 0 Å². The second kappa shape index (κ2) is 5.79. The van der Waals surface area contributed by atoms with E-state index in [2.05, 4.69) is 0 Å². The van der Waals surface area contributed by atoms with Crippen molar-refractivity contribution in [2.75, 3.05) is 7.11 Å². The summed E-state index contributed by atoms with van der Waals surface area (Å²) in [6.45, 7) is 0. The molecule has 0 spiro atoms. The summed E-state index contributed by atoms with van der Waals surface area (Å²) in [5, 5.41) is 0. The van der Waals surface area contributed by atoms with E-state index in [1.54, 1.807) is 19.2 Å². The fraction of sp³-hybridized carbons (Fsp3) is 0.0909. The van der Waals surface area contributed by atoms with E-state index in [4.69, 9.17) is 4.74 Å². The van der Waals surface area contributed by atoms with Crippen LogP contribution in [0.5, 0.6) is 0 Å². The van der Waals surface area contributed by atoms with Crippen LogP contribution in [-0.2, 0) is 24.1 Å². The molecule has 0 aromatic heterocycles. The summed E-state index contributed by atoms with van der Waals surface area (Å²) in [6.07, 6.45) is 4.72. The van der Waals surface area contributed by atoms with Gasteiger partial charge in [-0.15, -0.1) is 0 Å². The predicted octanol–water partition coefficient (Wildman–Crippen LogP) is 1.84. The quantitative estimate of drug-likeness (QED) is 0.768. The van der Waals surface area contributed by atoms with E-state index in [9.17, 15) is 4.79 Å². The summed E-state index contributed by atoms with van der Waals surface area (Å²) in [4.78, 5) is 10.4. The van der Waals surface area contributed by atoms with Crippen molar-refractivity contribution in [3.8, 4) is 0 Å². The molecule has 1 aromatic carbocycles. The molecule has 0 amide bonds. The number of ether oxygens (including phenoxy) is 1. The Morgan fingerprint density at radius 1 is 1.29 bits per heavy atom. The monoisotopic (exact) mass is 358 g/mol. The van der Waals surface area contributed by atoms with Crippen molar-refractivity contribution >= 4 is 16.4 Å². The number of hydrogen-bond acceptors (Lipinski definition) is 2. The van der Waals surface area contributed by atoms with E-state index in [0.717, 1.165) is 15.9 Å². The molecule has 3 heteroatoms. The van der Waals surface area contributed by atoms with E-state index >= 15 is 0 Å². The summed E-state index contributed by atoms with van der Waals surface area (Å²) in [5.74, 6) is 0. The molecule has 14 heavy (non-hydrogen) atoms. The van der Waals surface area contributed by atoms with Crippen LogP contribution in [0.15, 0.2) is 30.3 Å². The average molecular weight is 358 g/mol. The van der Waals surface area contributed by atoms with Crippen LogP contribution in [-0.4, -0.2) is 17.5 Å². The van der Waals surface area contributed by atoms with Crippen LogP contribution in [0.1, 0.15) is 15.9 Å². The Morgan fingerprint density at radius 3 is 2.36 bits per heavy atom. The summed E-state index contributed by atoms with van der Waals surface area (Å²) in [7, 11) is 1.65. The number of carbonyl (C=O) groups is 1. The topological polar surface area (TPSA) is 26.3 Å². The molecule has 0 unspecified atom stereocenters. The molecule has 72 valence electrons. The fourth-order valence-electron chi connectivity index (χ4n) is 0.918. The normalized spacial score (nSPS) is 10.4. The van der Waals surface area contributed by atoms with Gasteiger partial charge in [-0.3, -0.25) is 0 Å². The van der Waals surface area contributed by atoms with E-state index in [-0.39, 0.29) is 0 Å². The zero-order valence-electron chi connectivity index (χ0n) is 7.77. The van der Waals surface area contributed by atoms with Gasteiger partial charge in [0.05, 0.1) is 0 Å². The van der Waals surface area contributed by atoms with E-state index in [1.165, 1.54) is 19.4 Å². The molecule has 0 fully saturated rings. The third kappa shape index (κ3) is 3.49. The molecule has 0 bridgehead atoms. The van der Waals surface area contributed by atoms with Crippen LogP contribution >= 0.6 is 0 Å². The number of benzene rings is 1. The van der Waals surface area contributed by atoms with Crippen LogP contribution in [0.4, 0.5) is 0 Å². The van der Waals surface area contributed by atoms with E-state index in [0.29, 0.717) is 5.56 Å². The van der Waals surface area contributed by atoms with Crippen molar-refractivity contribution in [3.05, 3.63) is 41.5 Å². The molecule has 0 aliphatic rings. The van der Waals surface area contributed by atoms with Crippen molar-refractivity contribution in [2.24, 2.45) is 0 Å². The SMILES string of the molecule is CO[C](=[W])/C=C/c1ccc(C=O)cc1. The molecular weight excluding hydrogens is 348 g/mol. The van der Waals surface area contributed by atoms with Gasteiger partial charge in [-0.1, -0.05) is 0 Å². The van der Waals surface area contributed by atoms with Crippen LogP contribution < -0.4 is 0 Å². The first-order chi connectivity index (χ1) is 6.76. The Bertz CT molecular complexity index is 352. The molecule has 1 rings (SSSR count). The first-order valence-corrected chi connectivity index (χ1v) is 5.54.